The first-order valence-corrected chi connectivity index (χ1v) is 6.90. The number of carboxylic acids is 1. The first kappa shape index (κ1) is 15.2. The maximum absolute atomic E-state index is 10.3. The van der Waals surface area contributed by atoms with Gasteiger partial charge < -0.3 is 14.6 Å². The number of aliphatic carboxylic acids is 1. The number of ether oxygens (including phenoxy) is 2. The lowest BCUT2D eigenvalue weighted by molar-refractivity contribution is -0.137. The second kappa shape index (κ2) is 10.1. The van der Waals surface area contributed by atoms with E-state index in [2.05, 4.69) is 6.08 Å². The van der Waals surface area contributed by atoms with Gasteiger partial charge in [0.15, 0.2) is 6.29 Å². The molecule has 4 nitrogen and oxygen atoms in total. The van der Waals surface area contributed by atoms with Crippen molar-refractivity contribution < 1.29 is 19.4 Å². The van der Waals surface area contributed by atoms with Crippen molar-refractivity contribution in [3.63, 3.8) is 0 Å². The Bertz CT molecular complexity index is 244. The predicted octanol–water partition coefficient (Wildman–Crippen LogP) is 3.12. The maximum atomic E-state index is 10.3. The van der Waals surface area contributed by atoms with E-state index in [1.54, 1.807) is 0 Å². The summed E-state index contributed by atoms with van der Waals surface area (Å²) >= 11 is 0. The molecule has 0 saturated carbocycles. The lowest BCUT2D eigenvalue weighted by Gasteiger charge is -2.01. The molecular formula is C14H24O4. The Hall–Kier alpha value is -0.870. The molecule has 0 spiro atoms. The zero-order chi connectivity index (χ0) is 13.1. The summed E-state index contributed by atoms with van der Waals surface area (Å²) in [6.07, 6.45) is 11.9. The Morgan fingerprint density at radius 3 is 2.33 bits per heavy atom. The van der Waals surface area contributed by atoms with Crippen molar-refractivity contribution >= 4 is 5.97 Å². The van der Waals surface area contributed by atoms with E-state index in [0.717, 1.165) is 25.7 Å². The Labute approximate surface area is 109 Å². The average Bonchev–Trinajstić information content (AvgIpc) is 2.84. The largest absolute Gasteiger partial charge is 0.481 e. The molecule has 1 aliphatic rings. The minimum atomic E-state index is -0.684. The molecule has 0 aromatic heterocycles. The SMILES string of the molecule is O=C(O)CCCCCCCCC=CC1OCCO1. The van der Waals surface area contributed by atoms with Crippen LogP contribution in [0.3, 0.4) is 0 Å². The van der Waals surface area contributed by atoms with Gasteiger partial charge in [-0.3, -0.25) is 4.79 Å². The van der Waals surface area contributed by atoms with Crippen LogP contribution in [0.5, 0.6) is 0 Å². The van der Waals surface area contributed by atoms with E-state index in [0.29, 0.717) is 19.6 Å². The van der Waals surface area contributed by atoms with Gasteiger partial charge in [0.25, 0.3) is 0 Å². The summed E-state index contributed by atoms with van der Waals surface area (Å²) in [4.78, 5) is 10.3. The molecule has 0 amide bonds. The van der Waals surface area contributed by atoms with Gasteiger partial charge in [0, 0.05) is 6.42 Å². The van der Waals surface area contributed by atoms with E-state index in [1.165, 1.54) is 19.3 Å². The lowest BCUT2D eigenvalue weighted by Crippen LogP contribution is -2.01. The number of allylic oxidation sites excluding steroid dienone is 1. The van der Waals surface area contributed by atoms with E-state index in [1.807, 2.05) is 6.08 Å². The molecule has 1 aliphatic heterocycles. The summed E-state index contributed by atoms with van der Waals surface area (Å²) in [5.74, 6) is -0.684. The summed E-state index contributed by atoms with van der Waals surface area (Å²) in [5.41, 5.74) is 0. The van der Waals surface area contributed by atoms with Crippen molar-refractivity contribution in [3.05, 3.63) is 12.2 Å². The molecule has 0 bridgehead atoms. The van der Waals surface area contributed by atoms with Gasteiger partial charge in [0.1, 0.15) is 0 Å². The number of rotatable bonds is 10. The predicted molar refractivity (Wildman–Crippen MR) is 69.4 cm³/mol. The fourth-order valence-corrected chi connectivity index (χ4v) is 1.94. The summed E-state index contributed by atoms with van der Waals surface area (Å²) < 4.78 is 10.6. The van der Waals surface area contributed by atoms with Gasteiger partial charge in [-0.05, 0) is 25.3 Å². The Morgan fingerprint density at radius 1 is 1.06 bits per heavy atom. The van der Waals surface area contributed by atoms with Crippen molar-refractivity contribution in [3.8, 4) is 0 Å². The summed E-state index contributed by atoms with van der Waals surface area (Å²) in [6, 6.07) is 0. The topological polar surface area (TPSA) is 55.8 Å². The number of carbonyl (C=O) groups is 1. The minimum absolute atomic E-state index is 0.124. The third-order valence-corrected chi connectivity index (χ3v) is 2.95. The van der Waals surface area contributed by atoms with Crippen LogP contribution in [0.25, 0.3) is 0 Å². The van der Waals surface area contributed by atoms with Crippen molar-refractivity contribution in [1.29, 1.82) is 0 Å². The van der Waals surface area contributed by atoms with Crippen molar-refractivity contribution in [2.75, 3.05) is 13.2 Å². The summed E-state index contributed by atoms with van der Waals surface area (Å²) in [6.45, 7) is 1.40. The number of hydrogen-bond donors (Lipinski definition) is 1. The molecule has 0 radical (unpaired) electrons. The second-order valence-corrected chi connectivity index (χ2v) is 4.59. The van der Waals surface area contributed by atoms with E-state index >= 15 is 0 Å². The first-order valence-electron chi connectivity index (χ1n) is 6.90. The molecular weight excluding hydrogens is 232 g/mol. The zero-order valence-electron chi connectivity index (χ0n) is 11.0. The van der Waals surface area contributed by atoms with Crippen LogP contribution in [0.4, 0.5) is 0 Å². The number of hydrogen-bond acceptors (Lipinski definition) is 3. The minimum Gasteiger partial charge on any atom is -0.481 e. The van der Waals surface area contributed by atoms with Gasteiger partial charge in [0.05, 0.1) is 13.2 Å². The highest BCUT2D eigenvalue weighted by molar-refractivity contribution is 5.66. The molecule has 1 fully saturated rings. The van der Waals surface area contributed by atoms with Crippen molar-refractivity contribution in [1.82, 2.24) is 0 Å². The van der Waals surface area contributed by atoms with Gasteiger partial charge in [0.2, 0.25) is 0 Å². The molecule has 4 heteroatoms. The summed E-state index contributed by atoms with van der Waals surface area (Å²) in [5, 5.41) is 8.48. The molecule has 1 heterocycles. The first-order chi connectivity index (χ1) is 8.79. The van der Waals surface area contributed by atoms with Crippen LogP contribution >= 0.6 is 0 Å². The third kappa shape index (κ3) is 8.25. The number of unbranched alkanes of at least 4 members (excludes halogenated alkanes) is 6. The highest BCUT2D eigenvalue weighted by Gasteiger charge is 2.10. The molecule has 0 aromatic rings. The fraction of sp³-hybridized carbons (Fsp3) is 0.786. The normalized spacial score (nSPS) is 16.7. The fourth-order valence-electron chi connectivity index (χ4n) is 1.94. The van der Waals surface area contributed by atoms with Crippen LogP contribution in [0.2, 0.25) is 0 Å². The van der Waals surface area contributed by atoms with Crippen LogP contribution in [0.15, 0.2) is 12.2 Å². The van der Waals surface area contributed by atoms with E-state index in [9.17, 15) is 4.79 Å². The van der Waals surface area contributed by atoms with Crippen LogP contribution < -0.4 is 0 Å². The standard InChI is InChI=1S/C14H24O4/c15-13(16)9-7-5-3-1-2-4-6-8-10-14-17-11-12-18-14/h8,10,14H,1-7,9,11-12H2,(H,15,16). The highest BCUT2D eigenvalue weighted by Crippen LogP contribution is 2.10. The quantitative estimate of drug-likeness (QED) is 0.482. The smallest absolute Gasteiger partial charge is 0.303 e. The van der Waals surface area contributed by atoms with E-state index < -0.39 is 5.97 Å². The second-order valence-electron chi connectivity index (χ2n) is 4.59. The molecule has 0 aliphatic carbocycles. The van der Waals surface area contributed by atoms with Crippen LogP contribution in [0.1, 0.15) is 51.4 Å². The maximum Gasteiger partial charge on any atom is 0.303 e. The van der Waals surface area contributed by atoms with Gasteiger partial charge in [-0.2, -0.15) is 0 Å². The van der Waals surface area contributed by atoms with Crippen LogP contribution in [0, 0.1) is 0 Å². The van der Waals surface area contributed by atoms with Crippen molar-refractivity contribution in [2.45, 2.75) is 57.7 Å². The molecule has 0 atom stereocenters. The number of carboxylic acid groups (broad SMARTS) is 1. The Kier molecular flexibility index (Phi) is 8.51. The van der Waals surface area contributed by atoms with Gasteiger partial charge >= 0.3 is 5.97 Å². The van der Waals surface area contributed by atoms with Crippen molar-refractivity contribution in [2.24, 2.45) is 0 Å². The Balaban J connectivity index is 1.79. The molecule has 0 aromatic carbocycles. The molecule has 1 rings (SSSR count). The summed E-state index contributed by atoms with van der Waals surface area (Å²) in [7, 11) is 0. The molecule has 0 unspecified atom stereocenters. The lowest BCUT2D eigenvalue weighted by atomic mass is 10.1. The zero-order valence-corrected chi connectivity index (χ0v) is 11.0. The molecule has 104 valence electrons. The van der Waals surface area contributed by atoms with Gasteiger partial charge in [-0.15, -0.1) is 0 Å². The van der Waals surface area contributed by atoms with Gasteiger partial charge in [-0.1, -0.05) is 31.8 Å². The molecule has 1 saturated heterocycles. The van der Waals surface area contributed by atoms with Crippen LogP contribution in [-0.2, 0) is 14.3 Å². The molecule has 18 heavy (non-hydrogen) atoms. The monoisotopic (exact) mass is 256 g/mol. The average molecular weight is 256 g/mol. The highest BCUT2D eigenvalue weighted by atomic mass is 16.7. The van der Waals surface area contributed by atoms with Gasteiger partial charge in [-0.25, -0.2) is 0 Å². The van der Waals surface area contributed by atoms with Crippen LogP contribution in [-0.4, -0.2) is 30.6 Å². The third-order valence-electron chi connectivity index (χ3n) is 2.95. The van der Waals surface area contributed by atoms with E-state index in [4.69, 9.17) is 14.6 Å². The molecule has 1 N–H and O–H groups in total. The Morgan fingerprint density at radius 2 is 1.67 bits per heavy atom. The van der Waals surface area contributed by atoms with E-state index in [-0.39, 0.29) is 6.29 Å².